The van der Waals surface area contributed by atoms with Gasteiger partial charge in [-0.2, -0.15) is 0 Å². The van der Waals surface area contributed by atoms with Gasteiger partial charge in [0.05, 0.1) is 12.2 Å². The van der Waals surface area contributed by atoms with Crippen molar-refractivity contribution in [2.45, 2.75) is 39.5 Å². The zero-order valence-corrected chi connectivity index (χ0v) is 11.9. The molecule has 0 saturated heterocycles. The maximum atomic E-state index is 11.8. The predicted octanol–water partition coefficient (Wildman–Crippen LogP) is 2.17. The van der Waals surface area contributed by atoms with Crippen LogP contribution in [0.15, 0.2) is 30.1 Å². The molecule has 0 fully saturated rings. The molecular formula is C15H22N2O2. The summed E-state index contributed by atoms with van der Waals surface area (Å²) < 4.78 is 0. The minimum Gasteiger partial charge on any atom is -0.507 e. The number of nitrogens with one attached hydrogen (secondary N) is 1. The fraction of sp³-hybridized carbons (Fsp3) is 0.400. The molecule has 1 aromatic carbocycles. The fourth-order valence-electron chi connectivity index (χ4n) is 1.79. The lowest BCUT2D eigenvalue weighted by Gasteiger charge is -2.21. The Morgan fingerprint density at radius 3 is 2.58 bits per heavy atom. The molecule has 0 aliphatic rings. The number of hydrogen-bond donors (Lipinski definition) is 3. The van der Waals surface area contributed by atoms with Crippen LogP contribution in [0.1, 0.15) is 38.8 Å². The van der Waals surface area contributed by atoms with E-state index in [4.69, 9.17) is 5.73 Å². The van der Waals surface area contributed by atoms with Crippen LogP contribution in [-0.2, 0) is 16.6 Å². The van der Waals surface area contributed by atoms with Crippen molar-refractivity contribution in [1.82, 2.24) is 5.32 Å². The highest BCUT2D eigenvalue weighted by Gasteiger charge is 2.20. The van der Waals surface area contributed by atoms with Crippen LogP contribution in [0.4, 0.5) is 0 Å². The first-order valence-corrected chi connectivity index (χ1v) is 6.28. The van der Waals surface area contributed by atoms with E-state index in [9.17, 15) is 9.90 Å². The van der Waals surface area contributed by atoms with Crippen LogP contribution in [0, 0.1) is 0 Å². The Hall–Kier alpha value is -1.97. The van der Waals surface area contributed by atoms with Gasteiger partial charge in [-0.15, -0.1) is 0 Å². The molecule has 0 aliphatic heterocycles. The van der Waals surface area contributed by atoms with Gasteiger partial charge in [0.25, 0.3) is 0 Å². The molecule has 1 rings (SSSR count). The molecule has 4 N–H and O–H groups in total. The SMILES string of the molecule is CC=C(N)NC(=O)Cc1cccc(C(C)(C)C)c1O. The van der Waals surface area contributed by atoms with Gasteiger partial charge < -0.3 is 16.2 Å². The van der Waals surface area contributed by atoms with Gasteiger partial charge in [0.2, 0.25) is 5.91 Å². The first-order chi connectivity index (χ1) is 8.75. The molecule has 0 unspecified atom stereocenters. The van der Waals surface area contributed by atoms with Gasteiger partial charge in [-0.25, -0.2) is 0 Å². The van der Waals surface area contributed by atoms with Crippen molar-refractivity contribution in [3.8, 4) is 5.75 Å². The predicted molar refractivity (Wildman–Crippen MR) is 76.6 cm³/mol. The molecule has 0 atom stereocenters. The molecule has 0 aliphatic carbocycles. The van der Waals surface area contributed by atoms with E-state index in [1.807, 2.05) is 32.9 Å². The molecule has 0 heterocycles. The van der Waals surface area contributed by atoms with E-state index in [0.717, 1.165) is 5.56 Å². The lowest BCUT2D eigenvalue weighted by molar-refractivity contribution is -0.119. The number of rotatable bonds is 3. The largest absolute Gasteiger partial charge is 0.507 e. The molecule has 19 heavy (non-hydrogen) atoms. The third-order valence-electron chi connectivity index (χ3n) is 2.87. The molecule has 1 amide bonds. The standard InChI is InChI=1S/C15H22N2O2/c1-5-12(16)17-13(18)9-10-7-6-8-11(14(10)19)15(2,3)4/h5-8,19H,9,16H2,1-4H3,(H,17,18). The summed E-state index contributed by atoms with van der Waals surface area (Å²) in [5.41, 5.74) is 6.80. The smallest absolute Gasteiger partial charge is 0.230 e. The Labute approximate surface area is 114 Å². The zero-order valence-electron chi connectivity index (χ0n) is 11.9. The summed E-state index contributed by atoms with van der Waals surface area (Å²) in [5.74, 6) is 0.262. The average molecular weight is 262 g/mol. The summed E-state index contributed by atoms with van der Waals surface area (Å²) in [5, 5.41) is 12.8. The second-order valence-electron chi connectivity index (χ2n) is 5.53. The van der Waals surface area contributed by atoms with Crippen molar-refractivity contribution < 1.29 is 9.90 Å². The highest BCUT2D eigenvalue weighted by molar-refractivity contribution is 5.81. The van der Waals surface area contributed by atoms with Gasteiger partial charge in [-0.05, 0) is 24.0 Å². The first kappa shape index (κ1) is 15.1. The number of aromatic hydroxyl groups is 1. The number of allylic oxidation sites excluding steroid dienone is 1. The summed E-state index contributed by atoms with van der Waals surface area (Å²) in [7, 11) is 0. The van der Waals surface area contributed by atoms with Crippen LogP contribution in [0.5, 0.6) is 5.75 Å². The van der Waals surface area contributed by atoms with Gasteiger partial charge >= 0.3 is 0 Å². The van der Waals surface area contributed by atoms with E-state index in [1.165, 1.54) is 0 Å². The quantitative estimate of drug-likeness (QED) is 0.781. The number of phenols is 1. The topological polar surface area (TPSA) is 75.3 Å². The monoisotopic (exact) mass is 262 g/mol. The third-order valence-corrected chi connectivity index (χ3v) is 2.87. The normalized spacial score (nSPS) is 12.3. The Balaban J connectivity index is 2.95. The summed E-state index contributed by atoms with van der Waals surface area (Å²) in [6, 6.07) is 5.47. The summed E-state index contributed by atoms with van der Waals surface area (Å²) in [6.45, 7) is 7.80. The van der Waals surface area contributed by atoms with Crippen molar-refractivity contribution in [2.75, 3.05) is 0 Å². The Morgan fingerprint density at radius 1 is 1.42 bits per heavy atom. The fourth-order valence-corrected chi connectivity index (χ4v) is 1.79. The van der Waals surface area contributed by atoms with Crippen molar-refractivity contribution in [3.63, 3.8) is 0 Å². The van der Waals surface area contributed by atoms with E-state index >= 15 is 0 Å². The van der Waals surface area contributed by atoms with Gasteiger partial charge in [-0.3, -0.25) is 4.79 Å². The van der Waals surface area contributed by atoms with Gasteiger partial charge in [-0.1, -0.05) is 39.0 Å². The van der Waals surface area contributed by atoms with Gasteiger partial charge in [0.1, 0.15) is 5.75 Å². The molecular weight excluding hydrogens is 240 g/mol. The third kappa shape index (κ3) is 4.02. The maximum absolute atomic E-state index is 11.8. The molecule has 4 heteroatoms. The van der Waals surface area contributed by atoms with Crippen LogP contribution >= 0.6 is 0 Å². The van der Waals surface area contributed by atoms with Crippen LogP contribution < -0.4 is 11.1 Å². The van der Waals surface area contributed by atoms with Crippen molar-refractivity contribution in [1.29, 1.82) is 0 Å². The van der Waals surface area contributed by atoms with Crippen LogP contribution in [0.3, 0.4) is 0 Å². The number of para-hydroxylation sites is 1. The van der Waals surface area contributed by atoms with Crippen LogP contribution in [0.25, 0.3) is 0 Å². The molecule has 0 saturated carbocycles. The number of hydrogen-bond acceptors (Lipinski definition) is 3. The lowest BCUT2D eigenvalue weighted by atomic mass is 9.85. The van der Waals surface area contributed by atoms with Crippen LogP contribution in [0.2, 0.25) is 0 Å². The number of phenolic OH excluding ortho intramolecular Hbond substituents is 1. The van der Waals surface area contributed by atoms with Crippen molar-refractivity contribution in [3.05, 3.63) is 41.2 Å². The molecule has 0 bridgehead atoms. The summed E-state index contributed by atoms with van der Waals surface area (Å²) in [4.78, 5) is 11.8. The number of amides is 1. The summed E-state index contributed by atoms with van der Waals surface area (Å²) >= 11 is 0. The van der Waals surface area contributed by atoms with Crippen molar-refractivity contribution >= 4 is 5.91 Å². The Kier molecular flexibility index (Phi) is 4.59. The number of carbonyl (C=O) groups is 1. The van der Waals surface area contributed by atoms with E-state index in [1.54, 1.807) is 19.1 Å². The minimum atomic E-state index is -0.239. The highest BCUT2D eigenvalue weighted by atomic mass is 16.3. The highest BCUT2D eigenvalue weighted by Crippen LogP contribution is 2.33. The molecule has 0 spiro atoms. The van der Waals surface area contributed by atoms with Crippen LogP contribution in [-0.4, -0.2) is 11.0 Å². The molecule has 1 aromatic rings. The lowest BCUT2D eigenvalue weighted by Crippen LogP contribution is -2.28. The van der Waals surface area contributed by atoms with E-state index in [2.05, 4.69) is 5.32 Å². The molecule has 0 radical (unpaired) electrons. The van der Waals surface area contributed by atoms with Crippen molar-refractivity contribution in [2.24, 2.45) is 5.73 Å². The van der Waals surface area contributed by atoms with Gasteiger partial charge in [0, 0.05) is 5.56 Å². The Bertz CT molecular complexity index is 499. The second kappa shape index (κ2) is 5.78. The Morgan fingerprint density at radius 2 is 2.05 bits per heavy atom. The van der Waals surface area contributed by atoms with Gasteiger partial charge in [0.15, 0.2) is 0 Å². The molecule has 4 nitrogen and oxygen atoms in total. The zero-order chi connectivity index (χ0) is 14.6. The number of benzene rings is 1. The second-order valence-corrected chi connectivity index (χ2v) is 5.53. The molecule has 104 valence electrons. The maximum Gasteiger partial charge on any atom is 0.230 e. The first-order valence-electron chi connectivity index (χ1n) is 6.28. The minimum absolute atomic E-state index is 0.101. The average Bonchev–Trinajstić information content (AvgIpc) is 2.30. The summed E-state index contributed by atoms with van der Waals surface area (Å²) in [6.07, 6.45) is 1.72. The number of nitrogens with two attached hydrogens (primary N) is 1. The van der Waals surface area contributed by atoms with E-state index in [-0.39, 0.29) is 23.5 Å². The molecule has 0 aromatic heterocycles. The number of carbonyl (C=O) groups excluding carboxylic acids is 1. The van der Waals surface area contributed by atoms with E-state index in [0.29, 0.717) is 11.4 Å². The van der Waals surface area contributed by atoms with E-state index < -0.39 is 0 Å².